The van der Waals surface area contributed by atoms with E-state index in [0.717, 1.165) is 19.3 Å². The molecule has 6 nitrogen and oxygen atoms in total. The maximum absolute atomic E-state index is 11.9. The minimum atomic E-state index is -0.891. The molecule has 0 heterocycles. The molecule has 112 valence electrons. The van der Waals surface area contributed by atoms with Crippen LogP contribution < -0.4 is 16.2 Å². The number of carbonyl (C=O) groups excluding carboxylic acids is 3. The van der Waals surface area contributed by atoms with Crippen molar-refractivity contribution in [3.8, 4) is 0 Å². The van der Waals surface area contributed by atoms with Crippen molar-refractivity contribution >= 4 is 17.7 Å². The van der Waals surface area contributed by atoms with Gasteiger partial charge in [-0.05, 0) is 56.4 Å². The van der Waals surface area contributed by atoms with Crippen molar-refractivity contribution in [3.63, 3.8) is 0 Å². The Morgan fingerprint density at radius 3 is 2.43 bits per heavy atom. The number of hydrogen-bond acceptors (Lipinski definition) is 3. The SMILES string of the molecule is CC(C)NC(=O)C(=O)NNC(=O)c1ccc2c(c1)CCC2. The van der Waals surface area contributed by atoms with Gasteiger partial charge in [-0.15, -0.1) is 0 Å². The van der Waals surface area contributed by atoms with E-state index in [4.69, 9.17) is 0 Å². The van der Waals surface area contributed by atoms with Crippen molar-refractivity contribution in [2.75, 3.05) is 0 Å². The number of fused-ring (bicyclic) bond motifs is 1. The van der Waals surface area contributed by atoms with Crippen LogP contribution in [-0.4, -0.2) is 23.8 Å². The molecular formula is C15H19N3O3. The Morgan fingerprint density at radius 2 is 1.71 bits per heavy atom. The zero-order valence-corrected chi connectivity index (χ0v) is 12.2. The maximum Gasteiger partial charge on any atom is 0.327 e. The molecule has 1 aromatic rings. The number of nitrogens with one attached hydrogen (secondary N) is 3. The number of benzene rings is 1. The highest BCUT2D eigenvalue weighted by atomic mass is 16.2. The molecule has 6 heteroatoms. The molecule has 0 saturated heterocycles. The summed E-state index contributed by atoms with van der Waals surface area (Å²) in [5.74, 6) is -2.10. The molecule has 1 aromatic carbocycles. The topological polar surface area (TPSA) is 87.3 Å². The molecule has 0 spiro atoms. The van der Waals surface area contributed by atoms with Crippen LogP contribution >= 0.6 is 0 Å². The second-order valence-electron chi connectivity index (χ2n) is 5.37. The molecular weight excluding hydrogens is 270 g/mol. The second kappa shape index (κ2) is 6.39. The number of amides is 3. The standard InChI is InChI=1S/C15H19N3O3/c1-9(2)16-14(20)15(21)18-17-13(19)12-7-6-10-4-3-5-11(10)8-12/h6-9H,3-5H2,1-2H3,(H,16,20)(H,17,19)(H,18,21). The Kier molecular flexibility index (Phi) is 4.57. The van der Waals surface area contributed by atoms with E-state index in [2.05, 4.69) is 16.2 Å². The molecule has 0 radical (unpaired) electrons. The fourth-order valence-corrected chi connectivity index (χ4v) is 2.28. The molecule has 1 aliphatic carbocycles. The highest BCUT2D eigenvalue weighted by molar-refractivity contribution is 6.35. The molecule has 0 bridgehead atoms. The predicted octanol–water partition coefficient (Wildman–Crippen LogP) is 0.461. The lowest BCUT2D eigenvalue weighted by Gasteiger charge is -2.10. The van der Waals surface area contributed by atoms with E-state index in [0.29, 0.717) is 5.56 Å². The zero-order valence-electron chi connectivity index (χ0n) is 12.2. The van der Waals surface area contributed by atoms with E-state index in [1.807, 2.05) is 12.1 Å². The van der Waals surface area contributed by atoms with Crippen molar-refractivity contribution in [1.82, 2.24) is 16.2 Å². The summed E-state index contributed by atoms with van der Waals surface area (Å²) in [5.41, 5.74) is 7.26. The van der Waals surface area contributed by atoms with E-state index in [-0.39, 0.29) is 6.04 Å². The van der Waals surface area contributed by atoms with E-state index >= 15 is 0 Å². The average molecular weight is 289 g/mol. The number of hydrogen-bond donors (Lipinski definition) is 3. The first kappa shape index (κ1) is 15.0. The normalized spacial score (nSPS) is 12.7. The quantitative estimate of drug-likeness (QED) is 0.546. The van der Waals surface area contributed by atoms with E-state index in [1.54, 1.807) is 19.9 Å². The van der Waals surface area contributed by atoms with Crippen molar-refractivity contribution in [3.05, 3.63) is 34.9 Å². The van der Waals surface area contributed by atoms with E-state index in [1.165, 1.54) is 11.1 Å². The summed E-state index contributed by atoms with van der Waals surface area (Å²) in [7, 11) is 0. The van der Waals surface area contributed by atoms with Gasteiger partial charge in [-0.25, -0.2) is 0 Å². The molecule has 0 atom stereocenters. The molecule has 0 saturated carbocycles. The summed E-state index contributed by atoms with van der Waals surface area (Å²) < 4.78 is 0. The molecule has 3 N–H and O–H groups in total. The molecule has 2 rings (SSSR count). The Balaban J connectivity index is 1.90. The van der Waals surface area contributed by atoms with Gasteiger partial charge < -0.3 is 5.32 Å². The zero-order chi connectivity index (χ0) is 15.4. The molecule has 3 amide bonds. The van der Waals surface area contributed by atoms with Crippen LogP contribution in [-0.2, 0) is 22.4 Å². The minimum Gasteiger partial charge on any atom is -0.346 e. The van der Waals surface area contributed by atoms with Crippen LogP contribution in [0.3, 0.4) is 0 Å². The van der Waals surface area contributed by atoms with Gasteiger partial charge in [-0.3, -0.25) is 25.2 Å². The van der Waals surface area contributed by atoms with Gasteiger partial charge in [0.2, 0.25) is 0 Å². The monoisotopic (exact) mass is 289 g/mol. The molecule has 0 unspecified atom stereocenters. The number of aryl methyl sites for hydroxylation is 2. The Hall–Kier alpha value is -2.37. The van der Waals surface area contributed by atoms with Crippen molar-refractivity contribution in [1.29, 1.82) is 0 Å². The fraction of sp³-hybridized carbons (Fsp3) is 0.400. The lowest BCUT2D eigenvalue weighted by molar-refractivity contribution is -0.139. The summed E-state index contributed by atoms with van der Waals surface area (Å²) in [6, 6.07) is 5.35. The van der Waals surface area contributed by atoms with Crippen LogP contribution in [0, 0.1) is 0 Å². The summed E-state index contributed by atoms with van der Waals surface area (Å²) in [4.78, 5) is 34.8. The van der Waals surface area contributed by atoms with Crippen molar-refractivity contribution < 1.29 is 14.4 Å². The van der Waals surface area contributed by atoms with Crippen LogP contribution in [0.15, 0.2) is 18.2 Å². The molecule has 0 aromatic heterocycles. The van der Waals surface area contributed by atoms with Crippen LogP contribution in [0.25, 0.3) is 0 Å². The summed E-state index contributed by atoms with van der Waals surface area (Å²) in [5, 5.41) is 2.44. The Morgan fingerprint density at radius 1 is 1.00 bits per heavy atom. The molecule has 21 heavy (non-hydrogen) atoms. The Bertz CT molecular complexity index is 582. The number of hydrazine groups is 1. The molecule has 0 fully saturated rings. The van der Waals surface area contributed by atoms with Crippen molar-refractivity contribution in [2.24, 2.45) is 0 Å². The highest BCUT2D eigenvalue weighted by Gasteiger charge is 2.17. The summed E-state index contributed by atoms with van der Waals surface area (Å²) in [6.07, 6.45) is 3.12. The second-order valence-corrected chi connectivity index (χ2v) is 5.37. The third-order valence-electron chi connectivity index (χ3n) is 3.28. The molecule has 0 aliphatic heterocycles. The first-order chi connectivity index (χ1) is 9.97. The lowest BCUT2D eigenvalue weighted by Crippen LogP contribution is -2.49. The minimum absolute atomic E-state index is 0.143. The van der Waals surface area contributed by atoms with Gasteiger partial charge in [-0.2, -0.15) is 0 Å². The van der Waals surface area contributed by atoms with Gasteiger partial charge in [0.25, 0.3) is 5.91 Å². The molecule has 1 aliphatic rings. The van der Waals surface area contributed by atoms with Crippen LogP contribution in [0.5, 0.6) is 0 Å². The van der Waals surface area contributed by atoms with Gasteiger partial charge >= 0.3 is 11.8 Å². The van der Waals surface area contributed by atoms with Gasteiger partial charge in [0.1, 0.15) is 0 Å². The predicted molar refractivity (Wildman–Crippen MR) is 77.4 cm³/mol. The first-order valence-electron chi connectivity index (χ1n) is 7.00. The third kappa shape index (κ3) is 3.81. The van der Waals surface area contributed by atoms with E-state index in [9.17, 15) is 14.4 Å². The van der Waals surface area contributed by atoms with Gasteiger partial charge in [-0.1, -0.05) is 6.07 Å². The Labute approximate surface area is 123 Å². The van der Waals surface area contributed by atoms with Gasteiger partial charge in [0.15, 0.2) is 0 Å². The maximum atomic E-state index is 11.9. The number of rotatable bonds is 2. The van der Waals surface area contributed by atoms with Crippen LogP contribution in [0.1, 0.15) is 41.8 Å². The summed E-state index contributed by atoms with van der Waals surface area (Å²) >= 11 is 0. The lowest BCUT2D eigenvalue weighted by atomic mass is 10.1. The van der Waals surface area contributed by atoms with Crippen LogP contribution in [0.2, 0.25) is 0 Å². The number of carbonyl (C=O) groups is 3. The van der Waals surface area contributed by atoms with Crippen LogP contribution in [0.4, 0.5) is 0 Å². The average Bonchev–Trinajstić information content (AvgIpc) is 2.90. The fourth-order valence-electron chi connectivity index (χ4n) is 2.28. The van der Waals surface area contributed by atoms with Gasteiger partial charge in [0.05, 0.1) is 0 Å². The first-order valence-corrected chi connectivity index (χ1v) is 7.00. The summed E-state index contributed by atoms with van der Waals surface area (Å²) in [6.45, 7) is 3.49. The van der Waals surface area contributed by atoms with Gasteiger partial charge in [0, 0.05) is 11.6 Å². The smallest absolute Gasteiger partial charge is 0.327 e. The largest absolute Gasteiger partial charge is 0.346 e. The van der Waals surface area contributed by atoms with Crippen molar-refractivity contribution in [2.45, 2.75) is 39.2 Å². The van der Waals surface area contributed by atoms with E-state index < -0.39 is 17.7 Å². The third-order valence-corrected chi connectivity index (χ3v) is 3.28. The highest BCUT2D eigenvalue weighted by Crippen LogP contribution is 2.22.